The molecule has 3 aromatic carbocycles. The van der Waals surface area contributed by atoms with Crippen molar-refractivity contribution in [2.75, 3.05) is 26.2 Å². The van der Waals surface area contributed by atoms with Gasteiger partial charge in [-0.25, -0.2) is 27.4 Å². The van der Waals surface area contributed by atoms with Crippen molar-refractivity contribution >= 4 is 45.2 Å². The van der Waals surface area contributed by atoms with E-state index < -0.39 is 57.5 Å². The SMILES string of the molecule is O=C(O[C@@H](Cc1c(Cl)c[nH+]cc1Cl)c1ccc(OC(F)F)c(OCC2CC2)c1)c1cccc(S(=O)(=O)NC(C(=O)O[C@H]2CN3CCC2CC3)c2ccccc2F)c1. The number of sulfonamides is 1. The van der Waals surface area contributed by atoms with Gasteiger partial charge in [-0.2, -0.15) is 13.5 Å². The number of rotatable bonds is 16. The molecule has 1 unspecified atom stereocenters. The van der Waals surface area contributed by atoms with E-state index in [2.05, 4.69) is 19.3 Å². The number of alkyl halides is 2. The maximum Gasteiger partial charge on any atom is 0.387 e. The Bertz CT molecular complexity index is 2200. The highest BCUT2D eigenvalue weighted by molar-refractivity contribution is 7.89. The molecule has 3 saturated heterocycles. The number of esters is 2. The number of halogens is 5. The van der Waals surface area contributed by atoms with Crippen molar-refractivity contribution in [3.05, 3.63) is 117 Å². The summed E-state index contributed by atoms with van der Waals surface area (Å²) in [4.78, 5) is 32.1. The van der Waals surface area contributed by atoms with Gasteiger partial charge in [0.15, 0.2) is 23.9 Å². The molecule has 11 nitrogen and oxygen atoms in total. The van der Waals surface area contributed by atoms with E-state index in [1.807, 2.05) is 0 Å². The lowest BCUT2D eigenvalue weighted by Crippen LogP contribution is -2.52. The molecule has 302 valence electrons. The van der Waals surface area contributed by atoms with Crippen molar-refractivity contribution in [3.63, 3.8) is 0 Å². The van der Waals surface area contributed by atoms with Crippen LogP contribution in [0.1, 0.15) is 64.9 Å². The highest BCUT2D eigenvalue weighted by Crippen LogP contribution is 2.38. The number of H-pyrrole nitrogens is 1. The Morgan fingerprint density at radius 2 is 1.67 bits per heavy atom. The van der Waals surface area contributed by atoms with E-state index in [0.29, 0.717) is 17.7 Å². The molecule has 17 heteroatoms. The Balaban J connectivity index is 1.15. The first-order valence-electron chi connectivity index (χ1n) is 18.4. The first-order valence-corrected chi connectivity index (χ1v) is 20.6. The smallest absolute Gasteiger partial charge is 0.387 e. The summed E-state index contributed by atoms with van der Waals surface area (Å²) < 4.78 is 94.3. The van der Waals surface area contributed by atoms with E-state index in [9.17, 15) is 26.8 Å². The highest BCUT2D eigenvalue weighted by Gasteiger charge is 2.39. The number of fused-ring (bicyclic) bond motifs is 3. The summed E-state index contributed by atoms with van der Waals surface area (Å²) in [7, 11) is -4.61. The van der Waals surface area contributed by atoms with Gasteiger partial charge in [0, 0.05) is 24.1 Å². The Kier molecular flexibility index (Phi) is 12.6. The quantitative estimate of drug-likeness (QED) is 0.117. The number of nitrogens with one attached hydrogen (secondary N) is 2. The number of carbonyl (C=O) groups excluding carboxylic acids is 2. The van der Waals surface area contributed by atoms with Crippen LogP contribution in [0.5, 0.6) is 11.5 Å². The zero-order valence-corrected chi connectivity index (χ0v) is 32.7. The zero-order chi connectivity index (χ0) is 40.3. The predicted molar refractivity (Wildman–Crippen MR) is 201 cm³/mol. The van der Waals surface area contributed by atoms with Crippen LogP contribution in [-0.4, -0.2) is 64.2 Å². The Hall–Kier alpha value is -4.41. The normalized spacial score (nSPS) is 20.1. The summed E-state index contributed by atoms with van der Waals surface area (Å²) in [6.07, 6.45) is 4.78. The molecule has 1 aliphatic carbocycles. The van der Waals surface area contributed by atoms with Crippen LogP contribution >= 0.6 is 23.2 Å². The minimum atomic E-state index is -4.61. The molecule has 0 amide bonds. The van der Waals surface area contributed by atoms with E-state index in [1.165, 1.54) is 67.0 Å². The molecule has 4 aromatic rings. The lowest BCUT2D eigenvalue weighted by Gasteiger charge is -2.44. The monoisotopic (exact) mass is 848 g/mol. The molecule has 2 N–H and O–H groups in total. The first kappa shape index (κ1) is 40.8. The predicted octanol–water partition coefficient (Wildman–Crippen LogP) is 7.13. The molecule has 0 spiro atoms. The average Bonchev–Trinajstić information content (AvgIpc) is 4.03. The molecule has 1 saturated carbocycles. The summed E-state index contributed by atoms with van der Waals surface area (Å²) in [6, 6.07) is 12.6. The van der Waals surface area contributed by atoms with E-state index in [4.69, 9.17) is 37.4 Å². The minimum Gasteiger partial charge on any atom is -0.489 e. The van der Waals surface area contributed by atoms with Crippen LogP contribution in [0.15, 0.2) is 84.0 Å². The highest BCUT2D eigenvalue weighted by atomic mass is 35.5. The fraction of sp³-hybridized carbons (Fsp3) is 0.375. The molecule has 57 heavy (non-hydrogen) atoms. The van der Waals surface area contributed by atoms with Crippen molar-refractivity contribution in [3.8, 4) is 11.5 Å². The molecule has 3 aliphatic heterocycles. The van der Waals surface area contributed by atoms with Gasteiger partial charge in [0.25, 0.3) is 0 Å². The van der Waals surface area contributed by atoms with Crippen molar-refractivity contribution in [1.29, 1.82) is 0 Å². The standard InChI is InChI=1S/C40H38Cl2F3N3O8S/c41-30-19-46-20-31(42)29(30)18-34(25-10-11-33(56-40(44)45)35(17-25)53-22-23-8-9-23)54-38(49)26-4-3-5-27(16-26)57(51,52)47-37(28-6-1-2-7-32(28)43)39(50)55-36-21-48-14-12-24(36)13-15-48/h1-7,10-11,16-17,19-20,23-24,34,36-37,40,47H,8-9,12-15,18,21-22H2/p+1/t34-,36-,37?/m0/s1. The Labute approximate surface area is 337 Å². The van der Waals surface area contributed by atoms with Gasteiger partial charge in [0.05, 0.1) is 17.1 Å². The summed E-state index contributed by atoms with van der Waals surface area (Å²) in [6.45, 7) is -0.591. The summed E-state index contributed by atoms with van der Waals surface area (Å²) in [5, 5.41) is 0.448. The molecule has 4 fully saturated rings. The van der Waals surface area contributed by atoms with E-state index >= 15 is 4.39 Å². The number of nitrogens with zero attached hydrogens (tertiary/aromatic N) is 1. The third-order valence-corrected chi connectivity index (χ3v) is 12.4. The second-order valence-electron chi connectivity index (χ2n) is 14.3. The lowest BCUT2D eigenvalue weighted by atomic mass is 9.86. The first-order chi connectivity index (χ1) is 27.3. The van der Waals surface area contributed by atoms with Gasteiger partial charge < -0.3 is 18.9 Å². The van der Waals surface area contributed by atoms with E-state index in [0.717, 1.165) is 50.9 Å². The number of aromatic nitrogens is 1. The van der Waals surface area contributed by atoms with E-state index in [1.54, 1.807) is 0 Å². The van der Waals surface area contributed by atoms with Crippen LogP contribution < -0.4 is 19.2 Å². The molecule has 3 atom stereocenters. The largest absolute Gasteiger partial charge is 0.489 e. The van der Waals surface area contributed by atoms with Crippen LogP contribution in [0, 0.1) is 17.7 Å². The molecule has 1 aromatic heterocycles. The van der Waals surface area contributed by atoms with Gasteiger partial charge in [-0.1, -0.05) is 53.5 Å². The zero-order valence-electron chi connectivity index (χ0n) is 30.3. The summed E-state index contributed by atoms with van der Waals surface area (Å²) in [5.74, 6) is -2.55. The van der Waals surface area contributed by atoms with Crippen LogP contribution in [0.25, 0.3) is 0 Å². The number of carbonyl (C=O) groups is 2. The fourth-order valence-electron chi connectivity index (χ4n) is 7.03. The number of pyridine rings is 1. The maximum absolute atomic E-state index is 15.1. The molecule has 4 aliphatic rings. The van der Waals surface area contributed by atoms with Crippen LogP contribution in [-0.2, 0) is 30.7 Å². The second kappa shape index (κ2) is 17.6. The third-order valence-electron chi connectivity index (χ3n) is 10.3. The number of ether oxygens (including phenoxy) is 4. The van der Waals surface area contributed by atoms with Crippen molar-refractivity contribution in [2.24, 2.45) is 11.8 Å². The van der Waals surface area contributed by atoms with Gasteiger partial charge in [-0.3, -0.25) is 4.90 Å². The van der Waals surface area contributed by atoms with Crippen molar-refractivity contribution < 1.29 is 55.1 Å². The van der Waals surface area contributed by atoms with Gasteiger partial charge in [0.2, 0.25) is 10.0 Å². The van der Waals surface area contributed by atoms with E-state index in [-0.39, 0.29) is 57.5 Å². The van der Waals surface area contributed by atoms with Gasteiger partial charge >= 0.3 is 18.6 Å². The topological polar surface area (TPSA) is 135 Å². The number of hydrogen-bond acceptors (Lipinski definition) is 9. The third kappa shape index (κ3) is 10.0. The van der Waals surface area contributed by atoms with Gasteiger partial charge in [0.1, 0.15) is 34.1 Å². The van der Waals surface area contributed by atoms with Gasteiger partial charge in [-0.05, 0) is 92.6 Å². The summed E-state index contributed by atoms with van der Waals surface area (Å²) in [5.41, 5.74) is 0.289. The number of benzene rings is 3. The second-order valence-corrected chi connectivity index (χ2v) is 16.8. The molecule has 2 bridgehead atoms. The Morgan fingerprint density at radius 3 is 2.33 bits per heavy atom. The molecule has 0 radical (unpaired) electrons. The van der Waals surface area contributed by atoms with Crippen LogP contribution in [0.3, 0.4) is 0 Å². The molecule has 4 heterocycles. The number of aromatic amines is 1. The minimum absolute atomic E-state index is 0.00920. The number of hydrogen-bond donors (Lipinski definition) is 1. The molecular formula is C40H39Cl2F3N3O8S+. The number of piperidine rings is 3. The van der Waals surface area contributed by atoms with Gasteiger partial charge in [-0.15, -0.1) is 0 Å². The molecule has 8 rings (SSSR count). The van der Waals surface area contributed by atoms with Crippen LogP contribution in [0.2, 0.25) is 10.0 Å². The maximum atomic E-state index is 15.1. The lowest BCUT2D eigenvalue weighted by molar-refractivity contribution is -0.377. The van der Waals surface area contributed by atoms with Crippen LogP contribution in [0.4, 0.5) is 13.2 Å². The Morgan fingerprint density at radius 1 is 0.930 bits per heavy atom. The summed E-state index contributed by atoms with van der Waals surface area (Å²) >= 11 is 12.9. The fourth-order valence-corrected chi connectivity index (χ4v) is 8.77. The van der Waals surface area contributed by atoms with Crippen molar-refractivity contribution in [2.45, 2.75) is 61.9 Å². The van der Waals surface area contributed by atoms with Crippen molar-refractivity contribution in [1.82, 2.24) is 9.62 Å². The average molecular weight is 850 g/mol. The molecular weight excluding hydrogens is 810 g/mol.